The number of nitrogens with zero attached hydrogens (tertiary/aromatic N) is 1. The van der Waals surface area contributed by atoms with Crippen LogP contribution in [0.4, 0.5) is 0 Å². The number of carbonyl (C=O) groups excluding carboxylic acids is 1. The van der Waals surface area contributed by atoms with E-state index in [1.54, 1.807) is 7.05 Å². The fourth-order valence-corrected chi connectivity index (χ4v) is 2.39. The van der Waals surface area contributed by atoms with Gasteiger partial charge in [-0.05, 0) is 39.0 Å². The Balaban J connectivity index is 1.92. The molecule has 0 saturated heterocycles. The molecule has 0 aromatic heterocycles. The van der Waals surface area contributed by atoms with Gasteiger partial charge in [0.15, 0.2) is 5.96 Å². The van der Waals surface area contributed by atoms with Crippen LogP contribution in [0, 0.1) is 0 Å². The van der Waals surface area contributed by atoms with Crippen LogP contribution in [0.1, 0.15) is 26.3 Å². The van der Waals surface area contributed by atoms with Crippen molar-refractivity contribution in [2.24, 2.45) is 4.99 Å². The number of guanidine groups is 1. The molecule has 0 aliphatic rings. The second-order valence-corrected chi connectivity index (χ2v) is 7.10. The first kappa shape index (κ1) is 20.3. The number of hydrogen-bond acceptors (Lipinski definition) is 3. The Labute approximate surface area is 161 Å². The summed E-state index contributed by atoms with van der Waals surface area (Å²) in [5.41, 5.74) is 0.729. The zero-order chi connectivity index (χ0) is 19.7. The number of hydrogen-bond donors (Lipinski definition) is 3. The molecular formula is C21H28N4O2. The van der Waals surface area contributed by atoms with Gasteiger partial charge in [-0.25, -0.2) is 0 Å². The van der Waals surface area contributed by atoms with Gasteiger partial charge in [0, 0.05) is 24.7 Å². The molecule has 0 atom stereocenters. The van der Waals surface area contributed by atoms with Gasteiger partial charge in [0.25, 0.3) is 0 Å². The lowest BCUT2D eigenvalue weighted by Gasteiger charge is -2.21. The summed E-state index contributed by atoms with van der Waals surface area (Å²) in [5.74, 6) is 2.02. The topological polar surface area (TPSA) is 74.8 Å². The summed E-state index contributed by atoms with van der Waals surface area (Å²) in [7, 11) is 1.67. The van der Waals surface area contributed by atoms with Crippen LogP contribution in [0.25, 0.3) is 0 Å². The van der Waals surface area contributed by atoms with Crippen LogP contribution in [0.5, 0.6) is 11.5 Å². The number of aliphatic imine (C=N–C) groups is 1. The Bertz CT molecular complexity index is 767. The standard InChI is InChI=1S/C21H28N4O2/c1-21(2,3)25-19(26)15-24-20(22-4)23-14-16-10-8-9-13-18(16)27-17-11-6-5-7-12-17/h5-13H,14-15H2,1-4H3,(H,25,26)(H2,22,23,24). The lowest BCUT2D eigenvalue weighted by molar-refractivity contribution is -0.121. The van der Waals surface area contributed by atoms with E-state index in [-0.39, 0.29) is 18.0 Å². The third kappa shape index (κ3) is 7.40. The van der Waals surface area contributed by atoms with Gasteiger partial charge in [-0.3, -0.25) is 9.79 Å². The van der Waals surface area contributed by atoms with E-state index in [2.05, 4.69) is 20.9 Å². The largest absolute Gasteiger partial charge is 0.457 e. The molecule has 1 amide bonds. The van der Waals surface area contributed by atoms with Crippen molar-refractivity contribution in [3.8, 4) is 11.5 Å². The van der Waals surface area contributed by atoms with E-state index in [0.717, 1.165) is 17.1 Å². The van der Waals surface area contributed by atoms with E-state index in [4.69, 9.17) is 4.74 Å². The maximum atomic E-state index is 11.9. The highest BCUT2D eigenvalue weighted by Crippen LogP contribution is 2.24. The fraction of sp³-hybridized carbons (Fsp3) is 0.333. The molecule has 6 heteroatoms. The summed E-state index contributed by atoms with van der Waals surface area (Å²) in [4.78, 5) is 16.1. The number of carbonyl (C=O) groups is 1. The van der Waals surface area contributed by atoms with Gasteiger partial charge in [0.2, 0.25) is 5.91 Å². The molecule has 144 valence electrons. The highest BCUT2D eigenvalue weighted by Gasteiger charge is 2.13. The fourth-order valence-electron chi connectivity index (χ4n) is 2.39. The maximum Gasteiger partial charge on any atom is 0.239 e. The van der Waals surface area contributed by atoms with Crippen LogP contribution >= 0.6 is 0 Å². The molecule has 0 fully saturated rings. The Morgan fingerprint density at radius 3 is 2.33 bits per heavy atom. The van der Waals surface area contributed by atoms with Crippen LogP contribution in [-0.2, 0) is 11.3 Å². The van der Waals surface area contributed by atoms with Gasteiger partial charge in [-0.15, -0.1) is 0 Å². The van der Waals surface area contributed by atoms with Gasteiger partial charge in [0.1, 0.15) is 11.5 Å². The van der Waals surface area contributed by atoms with Crippen molar-refractivity contribution in [3.63, 3.8) is 0 Å². The zero-order valence-electron chi connectivity index (χ0n) is 16.4. The highest BCUT2D eigenvalue weighted by molar-refractivity contribution is 5.86. The molecule has 0 bridgehead atoms. The van der Waals surface area contributed by atoms with Crippen LogP contribution in [0.15, 0.2) is 59.6 Å². The van der Waals surface area contributed by atoms with Crippen molar-refractivity contribution in [2.75, 3.05) is 13.6 Å². The van der Waals surface area contributed by atoms with Crippen molar-refractivity contribution in [1.82, 2.24) is 16.0 Å². The number of rotatable bonds is 6. The van der Waals surface area contributed by atoms with Gasteiger partial charge >= 0.3 is 0 Å². The molecule has 6 nitrogen and oxygen atoms in total. The number of benzene rings is 2. The van der Waals surface area contributed by atoms with E-state index in [0.29, 0.717) is 12.5 Å². The highest BCUT2D eigenvalue weighted by atomic mass is 16.5. The maximum absolute atomic E-state index is 11.9. The summed E-state index contributed by atoms with van der Waals surface area (Å²) in [6, 6.07) is 17.5. The van der Waals surface area contributed by atoms with Gasteiger partial charge in [-0.2, -0.15) is 0 Å². The number of para-hydroxylation sites is 2. The van der Waals surface area contributed by atoms with Crippen molar-refractivity contribution in [2.45, 2.75) is 32.9 Å². The van der Waals surface area contributed by atoms with Gasteiger partial charge in [-0.1, -0.05) is 36.4 Å². The quantitative estimate of drug-likeness (QED) is 0.541. The van der Waals surface area contributed by atoms with Crippen LogP contribution in [-0.4, -0.2) is 31.0 Å². The van der Waals surface area contributed by atoms with E-state index in [9.17, 15) is 4.79 Å². The summed E-state index contributed by atoms with van der Waals surface area (Å²) in [6.45, 7) is 6.51. The number of nitrogens with one attached hydrogen (secondary N) is 3. The zero-order valence-corrected chi connectivity index (χ0v) is 16.4. The summed E-state index contributed by atoms with van der Waals surface area (Å²) < 4.78 is 5.96. The van der Waals surface area contributed by atoms with Gasteiger partial charge < -0.3 is 20.7 Å². The second kappa shape index (κ2) is 9.62. The monoisotopic (exact) mass is 368 g/mol. The van der Waals surface area contributed by atoms with Crippen molar-refractivity contribution in [3.05, 3.63) is 60.2 Å². The third-order valence-corrected chi connectivity index (χ3v) is 3.54. The molecule has 2 rings (SSSR count). The van der Waals surface area contributed by atoms with E-state index >= 15 is 0 Å². The van der Waals surface area contributed by atoms with Crippen LogP contribution < -0.4 is 20.7 Å². The second-order valence-electron chi connectivity index (χ2n) is 7.10. The Morgan fingerprint density at radius 2 is 1.67 bits per heavy atom. The molecule has 0 heterocycles. The summed E-state index contributed by atoms with van der Waals surface area (Å²) in [5, 5.41) is 9.13. The molecule has 0 radical (unpaired) electrons. The van der Waals surface area contributed by atoms with Crippen molar-refractivity contribution < 1.29 is 9.53 Å². The van der Waals surface area contributed by atoms with Crippen LogP contribution in [0.3, 0.4) is 0 Å². The molecule has 27 heavy (non-hydrogen) atoms. The summed E-state index contributed by atoms with van der Waals surface area (Å²) >= 11 is 0. The van der Waals surface area contributed by atoms with E-state index in [1.807, 2.05) is 75.4 Å². The van der Waals surface area contributed by atoms with Gasteiger partial charge in [0.05, 0.1) is 6.54 Å². The minimum absolute atomic E-state index is 0.0849. The average molecular weight is 368 g/mol. The van der Waals surface area contributed by atoms with E-state index in [1.165, 1.54) is 0 Å². The Kier molecular flexibility index (Phi) is 7.23. The smallest absolute Gasteiger partial charge is 0.239 e. The Hall–Kier alpha value is -3.02. The minimum atomic E-state index is -0.260. The lowest BCUT2D eigenvalue weighted by atomic mass is 10.1. The molecule has 0 aliphatic carbocycles. The SMILES string of the molecule is CN=C(NCC(=O)NC(C)(C)C)NCc1ccccc1Oc1ccccc1. The molecule has 2 aromatic rings. The normalized spacial score (nSPS) is 11.6. The van der Waals surface area contributed by atoms with E-state index < -0.39 is 0 Å². The molecule has 2 aromatic carbocycles. The minimum Gasteiger partial charge on any atom is -0.457 e. The van der Waals surface area contributed by atoms with Crippen molar-refractivity contribution >= 4 is 11.9 Å². The molecular weight excluding hydrogens is 340 g/mol. The third-order valence-electron chi connectivity index (χ3n) is 3.54. The first-order chi connectivity index (χ1) is 12.9. The molecule has 0 aliphatic heterocycles. The predicted octanol–water partition coefficient (Wildman–Crippen LogP) is 3.06. The van der Waals surface area contributed by atoms with Crippen molar-refractivity contribution in [1.29, 1.82) is 0 Å². The number of ether oxygens (including phenoxy) is 1. The molecule has 3 N–H and O–H groups in total. The lowest BCUT2D eigenvalue weighted by Crippen LogP contribution is -2.48. The predicted molar refractivity (Wildman–Crippen MR) is 109 cm³/mol. The van der Waals surface area contributed by atoms with Crippen LogP contribution in [0.2, 0.25) is 0 Å². The first-order valence-corrected chi connectivity index (χ1v) is 8.94. The molecule has 0 unspecified atom stereocenters. The first-order valence-electron chi connectivity index (χ1n) is 8.94. The molecule has 0 spiro atoms. The molecule has 0 saturated carbocycles. The number of amides is 1. The summed E-state index contributed by atoms with van der Waals surface area (Å²) in [6.07, 6.45) is 0. The Morgan fingerprint density at radius 1 is 1.00 bits per heavy atom. The average Bonchev–Trinajstić information content (AvgIpc) is 2.62.